The molecule has 2 atom stereocenters. The van der Waals surface area contributed by atoms with Crippen LogP contribution < -0.4 is 0 Å². The summed E-state index contributed by atoms with van der Waals surface area (Å²) in [4.78, 5) is 2.24. The lowest BCUT2D eigenvalue weighted by atomic mass is 10.2. The van der Waals surface area contributed by atoms with E-state index in [9.17, 15) is 13.5 Å². The van der Waals surface area contributed by atoms with Crippen molar-refractivity contribution in [2.45, 2.75) is 43.4 Å². The van der Waals surface area contributed by atoms with Gasteiger partial charge in [-0.25, -0.2) is 8.42 Å². The Morgan fingerprint density at radius 1 is 1.31 bits per heavy atom. The van der Waals surface area contributed by atoms with Gasteiger partial charge < -0.3 is 5.11 Å². The van der Waals surface area contributed by atoms with E-state index in [4.69, 9.17) is 0 Å². The molecule has 1 saturated heterocycles. The molecule has 0 unspecified atom stereocenters. The number of aliphatic hydroxyl groups excluding tert-OH is 1. The zero-order valence-corrected chi connectivity index (χ0v) is 16.0. The molecule has 26 heavy (non-hydrogen) atoms. The summed E-state index contributed by atoms with van der Waals surface area (Å²) in [5.74, 6) is 0. The van der Waals surface area contributed by atoms with Gasteiger partial charge in [-0.1, -0.05) is 31.5 Å². The summed E-state index contributed by atoms with van der Waals surface area (Å²) in [6.45, 7) is 3.07. The van der Waals surface area contributed by atoms with Gasteiger partial charge in [0.05, 0.1) is 22.7 Å². The van der Waals surface area contributed by atoms with Gasteiger partial charge in [0.15, 0.2) is 0 Å². The topological polar surface area (TPSA) is 89.5 Å². The van der Waals surface area contributed by atoms with Gasteiger partial charge in [0.2, 0.25) is 10.0 Å². The number of benzene rings is 1. The molecule has 0 bridgehead atoms. The molecule has 1 aromatic carbocycles. The molecule has 0 amide bonds. The number of β-amino-alcohol motifs (C(OH)–C–C–N with tert-alkyl or cyclic N) is 1. The van der Waals surface area contributed by atoms with E-state index in [1.165, 1.54) is 4.31 Å². The highest BCUT2D eigenvalue weighted by molar-refractivity contribution is 7.89. The SMILES string of the molecule is CCCc1cc(CN(C)[C@H]2CN(S(=O)(=O)c3ccccc3)C[C@@H]2O)[nH]n1. The van der Waals surface area contributed by atoms with Gasteiger partial charge in [-0.05, 0) is 31.7 Å². The van der Waals surface area contributed by atoms with Crippen molar-refractivity contribution in [2.75, 3.05) is 20.1 Å². The molecule has 3 rings (SSSR count). The van der Waals surface area contributed by atoms with Crippen molar-refractivity contribution < 1.29 is 13.5 Å². The fourth-order valence-corrected chi connectivity index (χ4v) is 4.86. The molecule has 2 heterocycles. The molecule has 2 N–H and O–H groups in total. The van der Waals surface area contributed by atoms with Crippen molar-refractivity contribution in [3.05, 3.63) is 47.8 Å². The first kappa shape index (κ1) is 19.0. The van der Waals surface area contributed by atoms with Crippen LogP contribution in [0.4, 0.5) is 0 Å². The average molecular weight is 378 g/mol. The van der Waals surface area contributed by atoms with Gasteiger partial charge in [0.1, 0.15) is 0 Å². The lowest BCUT2D eigenvalue weighted by Gasteiger charge is -2.25. The van der Waals surface area contributed by atoms with Crippen LogP contribution in [0, 0.1) is 0 Å². The van der Waals surface area contributed by atoms with Crippen molar-refractivity contribution in [3.63, 3.8) is 0 Å². The maximum absolute atomic E-state index is 12.8. The molecular weight excluding hydrogens is 352 g/mol. The molecule has 0 saturated carbocycles. The minimum absolute atomic E-state index is 0.107. The Bertz CT molecular complexity index is 822. The fraction of sp³-hybridized carbons (Fsp3) is 0.500. The van der Waals surface area contributed by atoms with Crippen molar-refractivity contribution in [2.24, 2.45) is 0 Å². The third kappa shape index (κ3) is 3.98. The minimum Gasteiger partial charge on any atom is -0.390 e. The number of aromatic amines is 1. The molecule has 1 aliphatic rings. The number of rotatable bonds is 7. The first-order chi connectivity index (χ1) is 12.4. The monoisotopic (exact) mass is 378 g/mol. The van der Waals surface area contributed by atoms with Gasteiger partial charge in [-0.2, -0.15) is 9.40 Å². The largest absolute Gasteiger partial charge is 0.390 e. The number of nitrogens with one attached hydrogen (secondary N) is 1. The number of aliphatic hydroxyl groups is 1. The molecule has 1 aliphatic heterocycles. The second kappa shape index (κ2) is 7.87. The lowest BCUT2D eigenvalue weighted by Crippen LogP contribution is -2.40. The first-order valence-corrected chi connectivity index (χ1v) is 10.3. The quantitative estimate of drug-likeness (QED) is 0.756. The Morgan fingerprint density at radius 2 is 2.04 bits per heavy atom. The molecular formula is C18H26N4O3S. The maximum Gasteiger partial charge on any atom is 0.243 e. The third-order valence-electron chi connectivity index (χ3n) is 4.78. The van der Waals surface area contributed by atoms with E-state index in [0.29, 0.717) is 6.54 Å². The highest BCUT2D eigenvalue weighted by atomic mass is 32.2. The van der Waals surface area contributed by atoms with Crippen molar-refractivity contribution in [1.29, 1.82) is 0 Å². The van der Waals surface area contributed by atoms with Crippen molar-refractivity contribution >= 4 is 10.0 Å². The zero-order chi connectivity index (χ0) is 18.7. The summed E-state index contributed by atoms with van der Waals surface area (Å²) < 4.78 is 26.9. The highest BCUT2D eigenvalue weighted by Crippen LogP contribution is 2.24. The van der Waals surface area contributed by atoms with E-state index >= 15 is 0 Å². The van der Waals surface area contributed by atoms with Crippen LogP contribution in [-0.2, 0) is 23.0 Å². The van der Waals surface area contributed by atoms with Crippen molar-refractivity contribution in [3.8, 4) is 0 Å². The van der Waals surface area contributed by atoms with Crippen LogP contribution in [0.25, 0.3) is 0 Å². The fourth-order valence-electron chi connectivity index (χ4n) is 3.37. The maximum atomic E-state index is 12.8. The first-order valence-electron chi connectivity index (χ1n) is 8.88. The molecule has 2 aromatic rings. The van der Waals surface area contributed by atoms with Crippen LogP contribution in [0.3, 0.4) is 0 Å². The highest BCUT2D eigenvalue weighted by Gasteiger charge is 2.40. The van der Waals surface area contributed by atoms with Crippen LogP contribution in [0.2, 0.25) is 0 Å². The molecule has 7 nitrogen and oxygen atoms in total. The molecule has 0 spiro atoms. The smallest absolute Gasteiger partial charge is 0.243 e. The average Bonchev–Trinajstić information content (AvgIpc) is 3.23. The Morgan fingerprint density at radius 3 is 2.73 bits per heavy atom. The molecule has 1 fully saturated rings. The minimum atomic E-state index is -3.59. The van der Waals surface area contributed by atoms with Crippen LogP contribution >= 0.6 is 0 Å². The molecule has 1 aromatic heterocycles. The second-order valence-electron chi connectivity index (χ2n) is 6.82. The van der Waals surface area contributed by atoms with Crippen LogP contribution in [0.1, 0.15) is 24.7 Å². The van der Waals surface area contributed by atoms with E-state index in [2.05, 4.69) is 17.1 Å². The van der Waals surface area contributed by atoms with Gasteiger partial charge in [-0.15, -0.1) is 0 Å². The normalized spacial score (nSPS) is 21.5. The Balaban J connectivity index is 1.68. The summed E-state index contributed by atoms with van der Waals surface area (Å²) in [7, 11) is -1.69. The lowest BCUT2D eigenvalue weighted by molar-refractivity contribution is 0.0946. The van der Waals surface area contributed by atoms with Gasteiger partial charge in [0.25, 0.3) is 0 Å². The second-order valence-corrected chi connectivity index (χ2v) is 8.76. The molecule has 0 radical (unpaired) electrons. The van der Waals surface area contributed by atoms with Crippen LogP contribution in [0.5, 0.6) is 0 Å². The Kier molecular flexibility index (Phi) is 5.76. The van der Waals surface area contributed by atoms with Gasteiger partial charge in [0, 0.05) is 25.3 Å². The number of H-pyrrole nitrogens is 1. The van der Waals surface area contributed by atoms with E-state index in [0.717, 1.165) is 24.2 Å². The predicted molar refractivity (Wildman–Crippen MR) is 99.0 cm³/mol. The number of hydrogen-bond donors (Lipinski definition) is 2. The molecule has 0 aliphatic carbocycles. The number of nitrogens with zero attached hydrogens (tertiary/aromatic N) is 3. The van der Waals surface area contributed by atoms with Crippen molar-refractivity contribution in [1.82, 2.24) is 19.4 Å². The number of sulfonamides is 1. The number of hydrogen-bond acceptors (Lipinski definition) is 5. The Labute approximate surface area is 154 Å². The van der Waals surface area contributed by atoms with Crippen LogP contribution in [0.15, 0.2) is 41.3 Å². The van der Waals surface area contributed by atoms with Gasteiger partial charge in [-0.3, -0.25) is 10.00 Å². The number of aromatic nitrogens is 2. The number of likely N-dealkylation sites (N-methyl/N-ethyl adjacent to an activating group) is 1. The summed E-state index contributed by atoms with van der Waals surface area (Å²) in [6.07, 6.45) is 1.24. The summed E-state index contributed by atoms with van der Waals surface area (Å²) in [6, 6.07) is 10.1. The third-order valence-corrected chi connectivity index (χ3v) is 6.63. The molecule has 8 heteroatoms. The van der Waals surface area contributed by atoms with E-state index in [-0.39, 0.29) is 24.0 Å². The van der Waals surface area contributed by atoms with Crippen LogP contribution in [-0.4, -0.2) is 65.2 Å². The zero-order valence-electron chi connectivity index (χ0n) is 15.2. The summed E-state index contributed by atoms with van der Waals surface area (Å²) >= 11 is 0. The standard InChI is InChI=1S/C18H26N4O3S/c1-3-7-14-10-15(20-19-14)11-21(2)17-12-22(13-18(17)23)26(24,25)16-8-5-4-6-9-16/h4-6,8-10,17-18,23H,3,7,11-13H2,1-2H3,(H,19,20)/t17-,18-/m0/s1. The predicted octanol–water partition coefficient (Wildman–Crippen LogP) is 1.23. The van der Waals surface area contributed by atoms with E-state index < -0.39 is 16.1 Å². The number of aryl methyl sites for hydroxylation is 1. The summed E-state index contributed by atoms with van der Waals surface area (Å²) in [5.41, 5.74) is 1.99. The van der Waals surface area contributed by atoms with E-state index in [1.54, 1.807) is 30.3 Å². The Hall–Kier alpha value is -1.74. The summed E-state index contributed by atoms with van der Waals surface area (Å²) in [5, 5.41) is 17.7. The van der Waals surface area contributed by atoms with E-state index in [1.807, 2.05) is 18.0 Å². The van der Waals surface area contributed by atoms with Gasteiger partial charge >= 0.3 is 0 Å². The molecule has 142 valence electrons.